The summed E-state index contributed by atoms with van der Waals surface area (Å²) in [6.07, 6.45) is 2.15. The average Bonchev–Trinajstić information content (AvgIpc) is 2.60. The molecule has 1 aromatic heterocycles. The fourth-order valence-corrected chi connectivity index (χ4v) is 2.14. The second-order valence-electron chi connectivity index (χ2n) is 5.31. The van der Waals surface area contributed by atoms with E-state index in [1.54, 1.807) is 24.3 Å². The summed E-state index contributed by atoms with van der Waals surface area (Å²) in [5.41, 5.74) is 6.31. The van der Waals surface area contributed by atoms with Gasteiger partial charge in [-0.1, -0.05) is 30.3 Å². The zero-order valence-corrected chi connectivity index (χ0v) is 13.9. The number of carboxylic acid groups (broad SMARTS) is 1. The lowest BCUT2D eigenvalue weighted by Crippen LogP contribution is -2.33. The molecule has 0 saturated carbocycles. The van der Waals surface area contributed by atoms with E-state index in [-0.39, 0.29) is 17.9 Å². The Balaban J connectivity index is 2.31. The molecule has 134 valence electrons. The molecule has 0 aliphatic rings. The predicted octanol–water partition coefficient (Wildman–Crippen LogP) is 0.102. The topological polar surface area (TPSA) is 151 Å². The lowest BCUT2D eigenvalue weighted by atomic mass is 10.1. The number of nitrogen functional groups attached to an aromatic ring is 1. The third-order valence-electron chi connectivity index (χ3n) is 3.44. The molecular formula is C17H17N5O4. The van der Waals surface area contributed by atoms with E-state index in [1.165, 1.54) is 19.2 Å². The van der Waals surface area contributed by atoms with Crippen molar-refractivity contribution in [2.24, 2.45) is 12.8 Å². The minimum absolute atomic E-state index is 0.0285. The van der Waals surface area contributed by atoms with Crippen molar-refractivity contribution < 1.29 is 14.7 Å². The Morgan fingerprint density at radius 1 is 1.35 bits per heavy atom. The third kappa shape index (κ3) is 4.41. The minimum Gasteiger partial charge on any atom is -0.478 e. The van der Waals surface area contributed by atoms with Crippen molar-refractivity contribution in [1.82, 2.24) is 15.1 Å². The van der Waals surface area contributed by atoms with Crippen molar-refractivity contribution in [3.63, 3.8) is 0 Å². The molecule has 0 aliphatic heterocycles. The second-order valence-corrected chi connectivity index (χ2v) is 5.31. The van der Waals surface area contributed by atoms with Gasteiger partial charge in [0.2, 0.25) is 0 Å². The van der Waals surface area contributed by atoms with Crippen molar-refractivity contribution in [1.29, 1.82) is 5.41 Å². The summed E-state index contributed by atoms with van der Waals surface area (Å²) in [6, 6.07) is 8.00. The van der Waals surface area contributed by atoms with Crippen LogP contribution in [-0.2, 0) is 11.8 Å². The van der Waals surface area contributed by atoms with Crippen molar-refractivity contribution >= 4 is 17.7 Å². The van der Waals surface area contributed by atoms with Crippen LogP contribution >= 0.6 is 0 Å². The van der Waals surface area contributed by atoms with Gasteiger partial charge in [0.15, 0.2) is 0 Å². The first kappa shape index (κ1) is 18.6. The number of hydrogen-bond donors (Lipinski definition) is 4. The summed E-state index contributed by atoms with van der Waals surface area (Å²) in [4.78, 5) is 34.8. The Morgan fingerprint density at radius 2 is 2.00 bits per heavy atom. The number of amides is 1. The van der Waals surface area contributed by atoms with E-state index in [2.05, 4.69) is 10.4 Å². The molecule has 1 amide bonds. The van der Waals surface area contributed by atoms with Crippen LogP contribution in [0.15, 0.2) is 47.3 Å². The maximum atomic E-state index is 12.2. The molecule has 26 heavy (non-hydrogen) atoms. The normalized spacial score (nSPS) is 10.7. The maximum absolute atomic E-state index is 12.2. The van der Waals surface area contributed by atoms with E-state index in [1.807, 2.05) is 0 Å². The third-order valence-corrected chi connectivity index (χ3v) is 3.44. The number of nitrogens with two attached hydrogens (primary N) is 1. The zero-order chi connectivity index (χ0) is 19.3. The molecule has 2 rings (SSSR count). The molecule has 0 radical (unpaired) electrons. The molecule has 9 heteroatoms. The number of hydrogen-bond acceptors (Lipinski definition) is 5. The van der Waals surface area contributed by atoms with Gasteiger partial charge in [-0.2, -0.15) is 5.10 Å². The fraction of sp³-hybridized carbons (Fsp3) is 0.118. The molecule has 0 saturated heterocycles. The van der Waals surface area contributed by atoms with E-state index in [4.69, 9.17) is 16.2 Å². The highest BCUT2D eigenvalue weighted by molar-refractivity contribution is 5.96. The van der Waals surface area contributed by atoms with Gasteiger partial charge in [-0.05, 0) is 6.07 Å². The average molecular weight is 355 g/mol. The Hall–Kier alpha value is -3.75. The van der Waals surface area contributed by atoms with Gasteiger partial charge < -0.3 is 16.2 Å². The van der Waals surface area contributed by atoms with Crippen LogP contribution in [0.4, 0.5) is 0 Å². The van der Waals surface area contributed by atoms with Crippen molar-refractivity contribution in [3.05, 3.63) is 64.0 Å². The highest BCUT2D eigenvalue weighted by Gasteiger charge is 2.14. The van der Waals surface area contributed by atoms with E-state index in [0.717, 1.165) is 10.8 Å². The summed E-state index contributed by atoms with van der Waals surface area (Å²) in [7, 11) is 1.43. The lowest BCUT2D eigenvalue weighted by Gasteiger charge is -2.08. The molecule has 2 aromatic rings. The molecule has 0 aliphatic carbocycles. The quantitative estimate of drug-likeness (QED) is 0.328. The summed E-state index contributed by atoms with van der Waals surface area (Å²) in [5.74, 6) is -1.83. The molecule has 0 spiro atoms. The summed E-state index contributed by atoms with van der Waals surface area (Å²) in [6.45, 7) is -0.0285. The molecule has 0 fully saturated rings. The first-order chi connectivity index (χ1) is 12.3. The fourth-order valence-electron chi connectivity index (χ4n) is 2.14. The molecular weight excluding hydrogens is 338 g/mol. The Kier molecular flexibility index (Phi) is 5.63. The molecule has 0 atom stereocenters. The second kappa shape index (κ2) is 7.88. The standard InChI is InChI=1S/C17H17N5O4/c1-22-17(26)12(16(25)20-8-2-3-14(23)24)9-13(21-22)10-4-6-11(7-5-10)15(18)19/h2-7,9H,8H2,1H3,(H3,18,19)(H,20,25)(H,23,24). The van der Waals surface area contributed by atoms with Crippen LogP contribution in [0.5, 0.6) is 0 Å². The monoisotopic (exact) mass is 355 g/mol. The first-order valence-corrected chi connectivity index (χ1v) is 7.50. The van der Waals surface area contributed by atoms with Crippen LogP contribution in [0.25, 0.3) is 11.3 Å². The maximum Gasteiger partial charge on any atom is 0.328 e. The van der Waals surface area contributed by atoms with Crippen LogP contribution in [0, 0.1) is 5.41 Å². The number of aryl methyl sites for hydroxylation is 1. The van der Waals surface area contributed by atoms with Gasteiger partial charge in [0.05, 0.1) is 5.69 Å². The molecule has 5 N–H and O–H groups in total. The van der Waals surface area contributed by atoms with Crippen LogP contribution in [0.3, 0.4) is 0 Å². The van der Waals surface area contributed by atoms with E-state index in [9.17, 15) is 14.4 Å². The van der Waals surface area contributed by atoms with Crippen LogP contribution in [0.2, 0.25) is 0 Å². The highest BCUT2D eigenvalue weighted by atomic mass is 16.4. The minimum atomic E-state index is -1.13. The van der Waals surface area contributed by atoms with Gasteiger partial charge in [0, 0.05) is 30.8 Å². The Morgan fingerprint density at radius 3 is 2.58 bits per heavy atom. The van der Waals surface area contributed by atoms with Crippen molar-refractivity contribution in [3.8, 4) is 11.3 Å². The SMILES string of the molecule is Cn1nc(-c2ccc(C(=N)N)cc2)cc(C(=O)NCC=CC(=O)O)c1=O. The van der Waals surface area contributed by atoms with Gasteiger partial charge in [-0.3, -0.25) is 15.0 Å². The molecule has 1 aromatic carbocycles. The van der Waals surface area contributed by atoms with Gasteiger partial charge in [0.1, 0.15) is 11.4 Å². The number of nitrogens with zero attached hydrogens (tertiary/aromatic N) is 2. The van der Waals surface area contributed by atoms with Gasteiger partial charge in [0.25, 0.3) is 11.5 Å². The van der Waals surface area contributed by atoms with Gasteiger partial charge >= 0.3 is 5.97 Å². The molecule has 0 bridgehead atoms. The highest BCUT2D eigenvalue weighted by Crippen LogP contribution is 2.17. The van der Waals surface area contributed by atoms with E-state index >= 15 is 0 Å². The van der Waals surface area contributed by atoms with Gasteiger partial charge in [-0.15, -0.1) is 0 Å². The predicted molar refractivity (Wildman–Crippen MR) is 95.0 cm³/mol. The van der Waals surface area contributed by atoms with E-state index in [0.29, 0.717) is 16.8 Å². The number of aromatic nitrogens is 2. The summed E-state index contributed by atoms with van der Waals surface area (Å²) >= 11 is 0. The smallest absolute Gasteiger partial charge is 0.328 e. The van der Waals surface area contributed by atoms with Crippen molar-refractivity contribution in [2.75, 3.05) is 6.54 Å². The Bertz CT molecular complexity index is 945. The summed E-state index contributed by atoms with van der Waals surface area (Å²) in [5, 5.41) is 22.5. The summed E-state index contributed by atoms with van der Waals surface area (Å²) < 4.78 is 1.05. The van der Waals surface area contributed by atoms with Gasteiger partial charge in [-0.25, -0.2) is 9.48 Å². The zero-order valence-electron chi connectivity index (χ0n) is 13.9. The lowest BCUT2D eigenvalue weighted by molar-refractivity contribution is -0.131. The molecule has 0 unspecified atom stereocenters. The van der Waals surface area contributed by atoms with Crippen molar-refractivity contribution in [2.45, 2.75) is 0 Å². The molecule has 9 nitrogen and oxygen atoms in total. The van der Waals surface area contributed by atoms with Crippen LogP contribution < -0.4 is 16.6 Å². The number of rotatable bonds is 6. The number of nitrogens with one attached hydrogen (secondary N) is 2. The van der Waals surface area contributed by atoms with E-state index < -0.39 is 17.4 Å². The number of benzene rings is 1. The first-order valence-electron chi connectivity index (χ1n) is 7.50. The number of carboxylic acids is 1. The van der Waals surface area contributed by atoms with Crippen LogP contribution in [0.1, 0.15) is 15.9 Å². The number of carbonyl (C=O) groups excluding carboxylic acids is 1. The Labute approximate surface area is 148 Å². The van der Waals surface area contributed by atoms with Crippen LogP contribution in [-0.4, -0.2) is 39.1 Å². The largest absolute Gasteiger partial charge is 0.478 e. The number of aliphatic carboxylic acids is 1. The number of carbonyl (C=O) groups is 2. The number of amidine groups is 1. The molecule has 1 heterocycles.